The zero-order valence-corrected chi connectivity index (χ0v) is 13.1. The quantitative estimate of drug-likeness (QED) is 0.406. The Morgan fingerprint density at radius 1 is 0.889 bits per heavy atom. The highest BCUT2D eigenvalue weighted by molar-refractivity contribution is 7.53. The highest BCUT2D eigenvalue weighted by Gasteiger charge is 2.22. The van der Waals surface area contributed by atoms with E-state index in [0.29, 0.717) is 19.5 Å². The molecule has 0 saturated carbocycles. The lowest BCUT2D eigenvalue weighted by atomic mass is 10.1. The topological polar surface area (TPSA) is 47.6 Å². The molecule has 0 heterocycles. The van der Waals surface area contributed by atoms with Gasteiger partial charge >= 0.3 is 7.60 Å². The van der Waals surface area contributed by atoms with E-state index in [9.17, 15) is 4.57 Å². The molecule has 1 N–H and O–H groups in total. The lowest BCUT2D eigenvalue weighted by molar-refractivity contribution is 0.218. The van der Waals surface area contributed by atoms with Crippen molar-refractivity contribution >= 4 is 7.60 Å². The maximum atomic E-state index is 12.1. The maximum Gasteiger partial charge on any atom is 0.344 e. The van der Waals surface area contributed by atoms with E-state index in [1.54, 1.807) is 0 Å². The summed E-state index contributed by atoms with van der Waals surface area (Å²) in [7, 11) is -2.90. The summed E-state index contributed by atoms with van der Waals surface area (Å²) in [5, 5.41) is 3.17. The second-order valence-corrected chi connectivity index (χ2v) is 6.43. The van der Waals surface area contributed by atoms with Crippen LogP contribution in [0, 0.1) is 0 Å². The van der Waals surface area contributed by atoms with Crippen molar-refractivity contribution in [3.05, 3.63) is 0 Å². The summed E-state index contributed by atoms with van der Waals surface area (Å²) in [6.45, 7) is 7.63. The first-order chi connectivity index (χ1) is 8.68. The van der Waals surface area contributed by atoms with E-state index >= 15 is 0 Å². The van der Waals surface area contributed by atoms with Crippen molar-refractivity contribution in [2.45, 2.75) is 59.3 Å². The molecule has 18 heavy (non-hydrogen) atoms. The molecule has 0 unspecified atom stereocenters. The van der Waals surface area contributed by atoms with Crippen LogP contribution in [0.2, 0.25) is 0 Å². The van der Waals surface area contributed by atoms with Crippen LogP contribution in [0.5, 0.6) is 0 Å². The Hall–Kier alpha value is 0.110. The van der Waals surface area contributed by atoms with Crippen molar-refractivity contribution in [3.8, 4) is 0 Å². The SMILES string of the molecule is CCCCCCCCNCP(=O)(OCC)OCC. The van der Waals surface area contributed by atoms with Crippen LogP contribution < -0.4 is 5.32 Å². The molecule has 0 aliphatic heterocycles. The molecular weight excluding hydrogens is 249 g/mol. The van der Waals surface area contributed by atoms with Crippen LogP contribution in [0.1, 0.15) is 59.3 Å². The van der Waals surface area contributed by atoms with Crippen molar-refractivity contribution in [2.24, 2.45) is 0 Å². The Morgan fingerprint density at radius 3 is 2.00 bits per heavy atom. The van der Waals surface area contributed by atoms with Crippen LogP contribution in [0.25, 0.3) is 0 Å². The molecule has 0 aromatic heterocycles. The van der Waals surface area contributed by atoms with E-state index in [0.717, 1.165) is 13.0 Å². The van der Waals surface area contributed by atoms with Gasteiger partial charge < -0.3 is 14.4 Å². The molecule has 0 aromatic carbocycles. The number of hydrogen-bond donors (Lipinski definition) is 1. The fourth-order valence-corrected chi connectivity index (χ4v) is 3.24. The van der Waals surface area contributed by atoms with Gasteiger partial charge in [0.1, 0.15) is 0 Å². The monoisotopic (exact) mass is 279 g/mol. The van der Waals surface area contributed by atoms with E-state index in [-0.39, 0.29) is 0 Å². The van der Waals surface area contributed by atoms with Gasteiger partial charge in [0, 0.05) is 0 Å². The molecule has 0 saturated heterocycles. The van der Waals surface area contributed by atoms with Gasteiger partial charge in [-0.1, -0.05) is 39.0 Å². The normalized spacial score (nSPS) is 11.9. The van der Waals surface area contributed by atoms with Crippen LogP contribution in [0.3, 0.4) is 0 Å². The lowest BCUT2D eigenvalue weighted by Gasteiger charge is -2.17. The minimum atomic E-state index is -2.90. The van der Waals surface area contributed by atoms with Crippen LogP contribution >= 0.6 is 7.60 Å². The molecule has 0 aliphatic carbocycles. The van der Waals surface area contributed by atoms with Crippen LogP contribution in [0.4, 0.5) is 0 Å². The van der Waals surface area contributed by atoms with Crippen molar-refractivity contribution in [1.82, 2.24) is 5.32 Å². The van der Waals surface area contributed by atoms with Crippen LogP contribution in [-0.2, 0) is 13.6 Å². The fourth-order valence-electron chi connectivity index (χ4n) is 1.77. The zero-order valence-electron chi connectivity index (χ0n) is 12.2. The van der Waals surface area contributed by atoms with Crippen molar-refractivity contribution in [1.29, 1.82) is 0 Å². The van der Waals surface area contributed by atoms with Gasteiger partial charge in [0.2, 0.25) is 0 Å². The van der Waals surface area contributed by atoms with E-state index in [2.05, 4.69) is 12.2 Å². The summed E-state index contributed by atoms with van der Waals surface area (Å²) < 4.78 is 22.5. The molecule has 0 aromatic rings. The highest BCUT2D eigenvalue weighted by atomic mass is 31.2. The Balaban J connectivity index is 3.52. The summed E-state index contributed by atoms with van der Waals surface area (Å²) in [5.74, 6) is 0. The predicted molar refractivity (Wildman–Crippen MR) is 77.1 cm³/mol. The molecule has 0 amide bonds. The smallest absolute Gasteiger partial charge is 0.308 e. The van der Waals surface area contributed by atoms with Gasteiger partial charge in [0.15, 0.2) is 0 Å². The molecule has 110 valence electrons. The maximum absolute atomic E-state index is 12.1. The van der Waals surface area contributed by atoms with Gasteiger partial charge in [-0.05, 0) is 26.8 Å². The summed E-state index contributed by atoms with van der Waals surface area (Å²) in [6.07, 6.45) is 7.92. The third-order valence-electron chi connectivity index (χ3n) is 2.66. The number of rotatable bonds is 13. The van der Waals surface area contributed by atoms with Gasteiger partial charge in [0.05, 0.1) is 19.5 Å². The summed E-state index contributed by atoms with van der Waals surface area (Å²) in [4.78, 5) is 0. The molecule has 0 fully saturated rings. The summed E-state index contributed by atoms with van der Waals surface area (Å²) >= 11 is 0. The summed E-state index contributed by atoms with van der Waals surface area (Å²) in [6, 6.07) is 0. The second-order valence-electron chi connectivity index (χ2n) is 4.37. The first-order valence-electron chi connectivity index (χ1n) is 7.27. The Kier molecular flexibility index (Phi) is 12.2. The first kappa shape index (κ1) is 18.1. The van der Waals surface area contributed by atoms with Crippen LogP contribution in [-0.4, -0.2) is 26.0 Å². The minimum absolute atomic E-state index is 0.323. The average molecular weight is 279 g/mol. The molecule has 0 atom stereocenters. The van der Waals surface area contributed by atoms with E-state index in [1.807, 2.05) is 13.8 Å². The van der Waals surface area contributed by atoms with Gasteiger partial charge in [-0.3, -0.25) is 4.57 Å². The van der Waals surface area contributed by atoms with Crippen LogP contribution in [0.15, 0.2) is 0 Å². The predicted octanol–water partition coefficient (Wildman–Crippen LogP) is 4.16. The van der Waals surface area contributed by atoms with Gasteiger partial charge in [-0.25, -0.2) is 0 Å². The Bertz CT molecular complexity index is 214. The lowest BCUT2D eigenvalue weighted by Crippen LogP contribution is -2.19. The molecule has 4 nitrogen and oxygen atoms in total. The largest absolute Gasteiger partial charge is 0.344 e. The fraction of sp³-hybridized carbons (Fsp3) is 1.00. The standard InChI is InChI=1S/C13H30NO3P/c1-4-7-8-9-10-11-12-14-13-18(15,16-5-2)17-6-3/h14H,4-13H2,1-3H3. The minimum Gasteiger partial charge on any atom is -0.308 e. The molecule has 0 spiro atoms. The number of unbranched alkanes of at least 4 members (excludes halogenated alkanes) is 5. The van der Waals surface area contributed by atoms with E-state index in [4.69, 9.17) is 9.05 Å². The summed E-state index contributed by atoms with van der Waals surface area (Å²) in [5.41, 5.74) is 0. The molecule has 5 heteroatoms. The van der Waals surface area contributed by atoms with Gasteiger partial charge in [0.25, 0.3) is 0 Å². The highest BCUT2D eigenvalue weighted by Crippen LogP contribution is 2.46. The van der Waals surface area contributed by atoms with E-state index in [1.165, 1.54) is 32.1 Å². The van der Waals surface area contributed by atoms with Crippen molar-refractivity contribution < 1.29 is 13.6 Å². The van der Waals surface area contributed by atoms with Gasteiger partial charge in [-0.15, -0.1) is 0 Å². The average Bonchev–Trinajstić information content (AvgIpc) is 2.33. The third kappa shape index (κ3) is 10.1. The zero-order chi connectivity index (χ0) is 13.7. The third-order valence-corrected chi connectivity index (χ3v) is 4.58. The van der Waals surface area contributed by atoms with Crippen molar-refractivity contribution in [2.75, 3.05) is 26.0 Å². The molecule has 0 bridgehead atoms. The Labute approximate surface area is 112 Å². The van der Waals surface area contributed by atoms with E-state index < -0.39 is 7.60 Å². The van der Waals surface area contributed by atoms with Crippen molar-refractivity contribution in [3.63, 3.8) is 0 Å². The number of hydrogen-bond acceptors (Lipinski definition) is 4. The molecule has 0 rings (SSSR count). The number of nitrogens with one attached hydrogen (secondary N) is 1. The van der Waals surface area contributed by atoms with Gasteiger partial charge in [-0.2, -0.15) is 0 Å². The second kappa shape index (κ2) is 12.2. The Morgan fingerprint density at radius 2 is 1.44 bits per heavy atom. The molecular formula is C13H30NO3P. The first-order valence-corrected chi connectivity index (χ1v) is 9.00. The molecule has 0 radical (unpaired) electrons. The molecule has 0 aliphatic rings.